The van der Waals surface area contributed by atoms with Crippen LogP contribution in [0.2, 0.25) is 0 Å². The first-order chi connectivity index (χ1) is 16.5. The first-order valence-electron chi connectivity index (χ1n) is 12.3. The molecule has 0 radical (unpaired) electrons. The van der Waals surface area contributed by atoms with Gasteiger partial charge < -0.3 is 5.32 Å². The second-order valence-electron chi connectivity index (χ2n) is 9.55. The molecule has 5 heteroatoms. The van der Waals surface area contributed by atoms with Gasteiger partial charge in [-0.15, -0.1) is 0 Å². The van der Waals surface area contributed by atoms with Gasteiger partial charge in [0.1, 0.15) is 0 Å². The summed E-state index contributed by atoms with van der Waals surface area (Å²) in [6, 6.07) is 18.2. The Bertz CT molecular complexity index is 1180. The Hall–Kier alpha value is -3.21. The lowest BCUT2D eigenvalue weighted by Gasteiger charge is -2.28. The van der Waals surface area contributed by atoms with E-state index in [0.717, 1.165) is 41.3 Å². The van der Waals surface area contributed by atoms with Gasteiger partial charge in [0.05, 0.1) is 0 Å². The van der Waals surface area contributed by atoms with Gasteiger partial charge >= 0.3 is 6.03 Å². The largest absolute Gasteiger partial charge is 0.326 e. The Labute approximate surface area is 199 Å². The van der Waals surface area contributed by atoms with Gasteiger partial charge in [-0.1, -0.05) is 43.7 Å². The number of anilines is 2. The maximum atomic E-state index is 13.5. The molecule has 1 N–H and O–H groups in total. The van der Waals surface area contributed by atoms with Crippen LogP contribution in [0, 0.1) is 17.6 Å². The molecule has 0 saturated heterocycles. The van der Waals surface area contributed by atoms with Gasteiger partial charge in [-0.3, -0.25) is 4.90 Å². The van der Waals surface area contributed by atoms with Crippen LogP contribution < -0.4 is 10.2 Å². The average molecular weight is 461 g/mol. The number of fused-ring (bicyclic) bond motifs is 1. The summed E-state index contributed by atoms with van der Waals surface area (Å²) < 4.78 is 26.6. The first-order valence-corrected chi connectivity index (χ1v) is 12.3. The maximum absolute atomic E-state index is 13.5. The van der Waals surface area contributed by atoms with Gasteiger partial charge in [-0.25, -0.2) is 13.6 Å². The number of hydrogen-bond donors (Lipinski definition) is 1. The van der Waals surface area contributed by atoms with Crippen LogP contribution in [0.4, 0.5) is 25.0 Å². The Morgan fingerprint density at radius 2 is 1.65 bits per heavy atom. The predicted octanol–water partition coefficient (Wildman–Crippen LogP) is 7.91. The molecule has 34 heavy (non-hydrogen) atoms. The number of nitrogens with zero attached hydrogens (tertiary/aromatic N) is 1. The van der Waals surface area contributed by atoms with Crippen molar-refractivity contribution in [1.29, 1.82) is 0 Å². The van der Waals surface area contributed by atoms with Gasteiger partial charge in [0.25, 0.3) is 0 Å². The molecule has 0 unspecified atom stereocenters. The molecule has 5 rings (SSSR count). The fourth-order valence-electron chi connectivity index (χ4n) is 5.41. The van der Waals surface area contributed by atoms with Crippen LogP contribution in [0.3, 0.4) is 0 Å². The lowest BCUT2D eigenvalue weighted by Crippen LogP contribution is -2.33. The third-order valence-electron chi connectivity index (χ3n) is 7.53. The molecule has 2 amide bonds. The minimum absolute atomic E-state index is 0.234. The van der Waals surface area contributed by atoms with Gasteiger partial charge in [-0.05, 0) is 90.5 Å². The molecule has 0 atom stereocenters. The molecule has 0 bridgehead atoms. The van der Waals surface area contributed by atoms with Gasteiger partial charge in [0, 0.05) is 24.0 Å². The summed E-state index contributed by atoms with van der Waals surface area (Å²) in [4.78, 5) is 14.4. The Balaban J connectivity index is 1.27. The maximum Gasteiger partial charge on any atom is 0.326 e. The van der Waals surface area contributed by atoms with Crippen LogP contribution >= 0.6 is 0 Å². The topological polar surface area (TPSA) is 32.3 Å². The second kappa shape index (κ2) is 9.57. The number of carbonyl (C=O) groups excluding carboxylic acids is 1. The highest BCUT2D eigenvalue weighted by Crippen LogP contribution is 2.38. The highest BCUT2D eigenvalue weighted by Gasteiger charge is 2.25. The number of amides is 2. The number of carbonyl (C=O) groups is 1. The van der Waals surface area contributed by atoms with E-state index in [2.05, 4.69) is 42.6 Å². The molecular formula is C29H30F2N2O. The third kappa shape index (κ3) is 4.56. The summed E-state index contributed by atoms with van der Waals surface area (Å²) in [6.45, 7) is 2.85. The van der Waals surface area contributed by atoms with Crippen molar-refractivity contribution in [3.63, 3.8) is 0 Å². The average Bonchev–Trinajstić information content (AvgIpc) is 3.30. The molecule has 0 spiro atoms. The van der Waals surface area contributed by atoms with E-state index in [1.54, 1.807) is 4.90 Å². The predicted molar refractivity (Wildman–Crippen MR) is 133 cm³/mol. The lowest BCUT2D eigenvalue weighted by molar-refractivity contribution is 0.257. The zero-order valence-corrected chi connectivity index (χ0v) is 19.5. The zero-order valence-electron chi connectivity index (χ0n) is 19.5. The smallest absolute Gasteiger partial charge is 0.307 e. The van der Waals surface area contributed by atoms with E-state index < -0.39 is 11.6 Å². The van der Waals surface area contributed by atoms with E-state index in [9.17, 15) is 13.6 Å². The quantitative estimate of drug-likeness (QED) is 0.421. The Morgan fingerprint density at radius 3 is 2.35 bits per heavy atom. The van der Waals surface area contributed by atoms with Crippen molar-refractivity contribution in [2.24, 2.45) is 5.92 Å². The van der Waals surface area contributed by atoms with Crippen LogP contribution in [-0.2, 0) is 6.42 Å². The number of halogens is 2. The van der Waals surface area contributed by atoms with E-state index in [1.807, 2.05) is 12.1 Å². The van der Waals surface area contributed by atoms with Gasteiger partial charge in [-0.2, -0.15) is 0 Å². The van der Waals surface area contributed by atoms with E-state index in [-0.39, 0.29) is 11.7 Å². The van der Waals surface area contributed by atoms with Crippen molar-refractivity contribution in [3.8, 4) is 11.1 Å². The molecule has 2 aliphatic rings. The van der Waals surface area contributed by atoms with E-state index in [1.165, 1.54) is 49.3 Å². The van der Waals surface area contributed by atoms with E-state index >= 15 is 0 Å². The summed E-state index contributed by atoms with van der Waals surface area (Å²) in [5.41, 5.74) is 5.96. The van der Waals surface area contributed by atoms with Gasteiger partial charge in [0.15, 0.2) is 11.6 Å². The fraction of sp³-hybridized carbons (Fsp3) is 0.345. The zero-order chi connectivity index (χ0) is 23.7. The minimum atomic E-state index is -0.982. The normalized spacial score (nSPS) is 19.7. The van der Waals surface area contributed by atoms with Crippen LogP contribution in [-0.4, -0.2) is 12.6 Å². The van der Waals surface area contributed by atoms with E-state index in [0.29, 0.717) is 12.5 Å². The van der Waals surface area contributed by atoms with Crippen LogP contribution in [0.15, 0.2) is 60.7 Å². The molecule has 1 heterocycles. The number of benzene rings is 3. The Morgan fingerprint density at radius 1 is 0.912 bits per heavy atom. The molecule has 3 aromatic carbocycles. The summed E-state index contributed by atoms with van der Waals surface area (Å²) >= 11 is 0. The highest BCUT2D eigenvalue weighted by atomic mass is 19.2. The van der Waals surface area contributed by atoms with Crippen molar-refractivity contribution < 1.29 is 13.6 Å². The molecule has 3 aromatic rings. The van der Waals surface area contributed by atoms with Crippen molar-refractivity contribution in [2.45, 2.75) is 51.4 Å². The minimum Gasteiger partial charge on any atom is -0.307 e. The number of rotatable bonds is 4. The summed E-state index contributed by atoms with van der Waals surface area (Å²) in [5.74, 6) is -0.336. The molecular weight excluding hydrogens is 430 g/mol. The van der Waals surface area contributed by atoms with Gasteiger partial charge in [0.2, 0.25) is 0 Å². The van der Waals surface area contributed by atoms with Crippen LogP contribution in [0.5, 0.6) is 0 Å². The standard InChI is InChI=1S/C29H30F2N2O/c1-2-19-3-5-20(6-4-19)21-7-9-22(10-8-21)23-11-14-28-24(17-23)15-16-33(28)29(34)32-25-12-13-26(30)27(31)18-25/h7-14,17-20H,2-6,15-16H2,1H3,(H,32,34). The molecule has 1 fully saturated rings. The number of urea groups is 1. The molecule has 176 valence electrons. The summed E-state index contributed by atoms with van der Waals surface area (Å²) in [5, 5.41) is 2.66. The molecule has 3 nitrogen and oxygen atoms in total. The SMILES string of the molecule is CCC1CCC(c2ccc(-c3ccc4c(c3)CCN4C(=O)Nc3ccc(F)c(F)c3)cc2)CC1. The highest BCUT2D eigenvalue weighted by molar-refractivity contribution is 6.03. The number of hydrogen-bond acceptors (Lipinski definition) is 1. The lowest BCUT2D eigenvalue weighted by atomic mass is 9.77. The fourth-order valence-corrected chi connectivity index (χ4v) is 5.41. The first kappa shape index (κ1) is 22.6. The molecule has 1 aliphatic carbocycles. The summed E-state index contributed by atoms with van der Waals surface area (Å²) in [6.07, 6.45) is 7.32. The molecule has 1 saturated carbocycles. The van der Waals surface area contributed by atoms with Crippen LogP contribution in [0.1, 0.15) is 56.1 Å². The second-order valence-corrected chi connectivity index (χ2v) is 9.55. The third-order valence-corrected chi connectivity index (χ3v) is 7.53. The number of nitrogens with one attached hydrogen (secondary N) is 1. The van der Waals surface area contributed by atoms with Crippen molar-refractivity contribution in [1.82, 2.24) is 0 Å². The van der Waals surface area contributed by atoms with Crippen molar-refractivity contribution >= 4 is 17.4 Å². The van der Waals surface area contributed by atoms with Crippen LogP contribution in [0.25, 0.3) is 11.1 Å². The van der Waals surface area contributed by atoms with E-state index in [4.69, 9.17) is 0 Å². The van der Waals surface area contributed by atoms with Crippen molar-refractivity contribution in [2.75, 3.05) is 16.8 Å². The van der Waals surface area contributed by atoms with Crippen molar-refractivity contribution in [3.05, 3.63) is 83.4 Å². The Kier molecular flexibility index (Phi) is 6.36. The summed E-state index contributed by atoms with van der Waals surface area (Å²) in [7, 11) is 0. The monoisotopic (exact) mass is 460 g/mol. The molecule has 1 aliphatic heterocycles. The molecule has 0 aromatic heterocycles.